The van der Waals surface area contributed by atoms with Crippen molar-refractivity contribution in [3.8, 4) is 22.8 Å². The zero-order chi connectivity index (χ0) is 19.6. The van der Waals surface area contributed by atoms with Crippen molar-refractivity contribution in [2.24, 2.45) is 0 Å². The van der Waals surface area contributed by atoms with E-state index >= 15 is 0 Å². The standard InChI is InChI=1S/C23H17N3O3/c27-23(24-16-10-11-19-20(14-16)29-13-12-28-19)21-17-8-4-5-9-18(17)25-26-22(21)15-6-2-1-3-7-15/h1-11,14H,12-13H2,(H,24,27). The summed E-state index contributed by atoms with van der Waals surface area (Å²) in [4.78, 5) is 13.3. The number of fused-ring (bicyclic) bond motifs is 2. The van der Waals surface area contributed by atoms with Crippen molar-refractivity contribution in [2.45, 2.75) is 0 Å². The third kappa shape index (κ3) is 3.25. The van der Waals surface area contributed by atoms with Gasteiger partial charge in [0.2, 0.25) is 0 Å². The van der Waals surface area contributed by atoms with E-state index in [0.717, 1.165) is 10.9 Å². The van der Waals surface area contributed by atoms with Crippen LogP contribution in [0.25, 0.3) is 22.2 Å². The Hall–Kier alpha value is -3.93. The van der Waals surface area contributed by atoms with Gasteiger partial charge in [-0.15, -0.1) is 10.2 Å². The van der Waals surface area contributed by atoms with Crippen molar-refractivity contribution < 1.29 is 14.3 Å². The maximum absolute atomic E-state index is 13.3. The van der Waals surface area contributed by atoms with Gasteiger partial charge in [0.15, 0.2) is 11.5 Å². The fourth-order valence-corrected chi connectivity index (χ4v) is 3.40. The molecule has 0 fully saturated rings. The molecule has 1 aliphatic rings. The highest BCUT2D eigenvalue weighted by molar-refractivity contribution is 6.16. The summed E-state index contributed by atoms with van der Waals surface area (Å²) >= 11 is 0. The summed E-state index contributed by atoms with van der Waals surface area (Å²) in [5.41, 5.74) is 3.15. The van der Waals surface area contributed by atoms with E-state index in [2.05, 4.69) is 15.5 Å². The van der Waals surface area contributed by atoms with Crippen LogP contribution < -0.4 is 14.8 Å². The van der Waals surface area contributed by atoms with Gasteiger partial charge in [-0.3, -0.25) is 4.79 Å². The number of hydrogen-bond acceptors (Lipinski definition) is 5. The Morgan fingerprint density at radius 3 is 2.45 bits per heavy atom. The normalized spacial score (nSPS) is 12.6. The number of amides is 1. The van der Waals surface area contributed by atoms with Crippen molar-refractivity contribution in [1.29, 1.82) is 0 Å². The summed E-state index contributed by atoms with van der Waals surface area (Å²) in [7, 11) is 0. The summed E-state index contributed by atoms with van der Waals surface area (Å²) in [5.74, 6) is 1.04. The van der Waals surface area contributed by atoms with Crippen LogP contribution in [0.2, 0.25) is 0 Å². The Kier molecular flexibility index (Phi) is 4.29. The van der Waals surface area contributed by atoms with E-state index in [9.17, 15) is 4.79 Å². The molecule has 29 heavy (non-hydrogen) atoms. The lowest BCUT2D eigenvalue weighted by atomic mass is 10.0. The third-order valence-corrected chi connectivity index (χ3v) is 4.74. The van der Waals surface area contributed by atoms with E-state index in [1.165, 1.54) is 0 Å². The molecule has 5 rings (SSSR count). The molecule has 0 saturated carbocycles. The number of hydrogen-bond donors (Lipinski definition) is 1. The molecule has 0 unspecified atom stereocenters. The van der Waals surface area contributed by atoms with Gasteiger partial charge < -0.3 is 14.8 Å². The third-order valence-electron chi connectivity index (χ3n) is 4.74. The number of benzene rings is 3. The van der Waals surface area contributed by atoms with Crippen LogP contribution in [0, 0.1) is 0 Å². The predicted molar refractivity (Wildman–Crippen MR) is 110 cm³/mol. The summed E-state index contributed by atoms with van der Waals surface area (Å²) in [6, 6.07) is 22.4. The maximum Gasteiger partial charge on any atom is 0.258 e. The molecule has 1 aromatic heterocycles. The molecular weight excluding hydrogens is 366 g/mol. The molecule has 4 aromatic rings. The second-order valence-electron chi connectivity index (χ2n) is 6.62. The van der Waals surface area contributed by atoms with Crippen LogP contribution in [-0.4, -0.2) is 29.3 Å². The van der Waals surface area contributed by atoms with Gasteiger partial charge in [-0.1, -0.05) is 48.5 Å². The number of nitrogens with zero attached hydrogens (tertiary/aromatic N) is 2. The number of ether oxygens (including phenoxy) is 2. The van der Waals surface area contributed by atoms with Crippen LogP contribution in [0.4, 0.5) is 5.69 Å². The van der Waals surface area contributed by atoms with Gasteiger partial charge in [-0.05, 0) is 18.2 Å². The van der Waals surface area contributed by atoms with Gasteiger partial charge in [0, 0.05) is 22.7 Å². The highest BCUT2D eigenvalue weighted by Gasteiger charge is 2.20. The van der Waals surface area contributed by atoms with E-state index in [4.69, 9.17) is 9.47 Å². The van der Waals surface area contributed by atoms with Crippen LogP contribution in [0.1, 0.15) is 10.4 Å². The van der Waals surface area contributed by atoms with Gasteiger partial charge >= 0.3 is 0 Å². The van der Waals surface area contributed by atoms with E-state index in [1.54, 1.807) is 18.2 Å². The number of anilines is 1. The molecule has 1 amide bonds. The minimum atomic E-state index is -0.258. The highest BCUT2D eigenvalue weighted by atomic mass is 16.6. The van der Waals surface area contributed by atoms with E-state index < -0.39 is 0 Å². The first-order chi connectivity index (χ1) is 14.3. The summed E-state index contributed by atoms with van der Waals surface area (Å²) in [6.45, 7) is 1.01. The van der Waals surface area contributed by atoms with Gasteiger partial charge in [0.25, 0.3) is 5.91 Å². The fourth-order valence-electron chi connectivity index (χ4n) is 3.40. The first-order valence-electron chi connectivity index (χ1n) is 9.31. The molecule has 0 radical (unpaired) electrons. The Labute approximate surface area is 167 Å². The molecule has 0 atom stereocenters. The molecule has 0 bridgehead atoms. The van der Waals surface area contributed by atoms with Gasteiger partial charge in [0.1, 0.15) is 18.9 Å². The fraction of sp³-hybridized carbons (Fsp3) is 0.0870. The monoisotopic (exact) mass is 383 g/mol. The first-order valence-corrected chi connectivity index (χ1v) is 9.31. The lowest BCUT2D eigenvalue weighted by Gasteiger charge is -2.19. The molecule has 2 heterocycles. The molecule has 3 aromatic carbocycles. The van der Waals surface area contributed by atoms with Crippen molar-refractivity contribution in [3.63, 3.8) is 0 Å². The van der Waals surface area contributed by atoms with E-state index in [1.807, 2.05) is 54.6 Å². The zero-order valence-corrected chi connectivity index (χ0v) is 15.5. The SMILES string of the molecule is O=C(Nc1ccc2c(c1)OCCO2)c1c(-c2ccccc2)nnc2ccccc12. The van der Waals surface area contributed by atoms with E-state index in [-0.39, 0.29) is 5.91 Å². The number of aromatic nitrogens is 2. The van der Waals surface area contributed by atoms with Crippen LogP contribution in [0.15, 0.2) is 72.8 Å². The van der Waals surface area contributed by atoms with Crippen molar-refractivity contribution >= 4 is 22.5 Å². The molecule has 0 spiro atoms. The molecule has 0 aliphatic carbocycles. The number of carbonyl (C=O) groups is 1. The maximum atomic E-state index is 13.3. The Bertz CT molecular complexity index is 1210. The minimum Gasteiger partial charge on any atom is -0.486 e. The zero-order valence-electron chi connectivity index (χ0n) is 15.5. The summed E-state index contributed by atoms with van der Waals surface area (Å²) in [6.07, 6.45) is 0. The van der Waals surface area contributed by atoms with Gasteiger partial charge in [-0.25, -0.2) is 0 Å². The van der Waals surface area contributed by atoms with Crippen LogP contribution in [-0.2, 0) is 0 Å². The predicted octanol–water partition coefficient (Wildman–Crippen LogP) is 4.32. The molecule has 6 heteroatoms. The summed E-state index contributed by atoms with van der Waals surface area (Å²) < 4.78 is 11.2. The molecule has 6 nitrogen and oxygen atoms in total. The van der Waals surface area contributed by atoms with Crippen LogP contribution in [0.5, 0.6) is 11.5 Å². The quantitative estimate of drug-likeness (QED) is 0.570. The molecular formula is C23H17N3O3. The highest BCUT2D eigenvalue weighted by Crippen LogP contribution is 2.33. The first kappa shape index (κ1) is 17.2. The topological polar surface area (TPSA) is 73.3 Å². The minimum absolute atomic E-state index is 0.258. The van der Waals surface area contributed by atoms with Crippen molar-refractivity contribution in [3.05, 3.63) is 78.4 Å². The van der Waals surface area contributed by atoms with Crippen molar-refractivity contribution in [2.75, 3.05) is 18.5 Å². The largest absolute Gasteiger partial charge is 0.486 e. The van der Waals surface area contributed by atoms with Crippen molar-refractivity contribution in [1.82, 2.24) is 10.2 Å². The van der Waals surface area contributed by atoms with Crippen LogP contribution in [0.3, 0.4) is 0 Å². The molecule has 1 N–H and O–H groups in total. The Morgan fingerprint density at radius 1 is 0.828 bits per heavy atom. The Morgan fingerprint density at radius 2 is 1.59 bits per heavy atom. The lowest BCUT2D eigenvalue weighted by Crippen LogP contribution is -2.17. The van der Waals surface area contributed by atoms with Gasteiger partial charge in [0.05, 0.1) is 11.1 Å². The second-order valence-corrected chi connectivity index (χ2v) is 6.62. The number of carbonyl (C=O) groups excluding carboxylic acids is 1. The average molecular weight is 383 g/mol. The summed E-state index contributed by atoms with van der Waals surface area (Å²) in [5, 5.41) is 12.4. The van der Waals surface area contributed by atoms with Gasteiger partial charge in [-0.2, -0.15) is 0 Å². The number of rotatable bonds is 3. The lowest BCUT2D eigenvalue weighted by molar-refractivity contribution is 0.102. The van der Waals surface area contributed by atoms with E-state index in [0.29, 0.717) is 47.2 Å². The average Bonchev–Trinajstić information content (AvgIpc) is 2.78. The second kappa shape index (κ2) is 7.24. The molecule has 0 saturated heterocycles. The van der Waals surface area contributed by atoms with Crippen LogP contribution >= 0.6 is 0 Å². The molecule has 142 valence electrons. The molecule has 1 aliphatic heterocycles. The smallest absolute Gasteiger partial charge is 0.258 e. The Balaban J connectivity index is 1.59. The number of nitrogens with one attached hydrogen (secondary N) is 1.